The van der Waals surface area contributed by atoms with Gasteiger partial charge in [0.25, 0.3) is 5.91 Å². The lowest BCUT2D eigenvalue weighted by atomic mass is 9.90. The molecule has 1 saturated heterocycles. The summed E-state index contributed by atoms with van der Waals surface area (Å²) in [5, 5.41) is 10.6. The molecule has 0 aliphatic carbocycles. The number of hydrogen-bond acceptors (Lipinski definition) is 3. The topological polar surface area (TPSA) is 49.8 Å². The second-order valence-corrected chi connectivity index (χ2v) is 5.82. The van der Waals surface area contributed by atoms with Gasteiger partial charge in [0.05, 0.1) is 24.3 Å². The van der Waals surface area contributed by atoms with E-state index < -0.39 is 5.60 Å². The van der Waals surface area contributed by atoms with Crippen molar-refractivity contribution in [3.63, 3.8) is 0 Å². The summed E-state index contributed by atoms with van der Waals surface area (Å²) in [7, 11) is 0. The Morgan fingerprint density at radius 3 is 2.95 bits per heavy atom. The summed E-state index contributed by atoms with van der Waals surface area (Å²) in [6, 6.07) is 5.34. The number of rotatable bonds is 2. The highest BCUT2D eigenvalue weighted by atomic mass is 35.5. The van der Waals surface area contributed by atoms with Gasteiger partial charge >= 0.3 is 0 Å². The summed E-state index contributed by atoms with van der Waals surface area (Å²) in [6.45, 7) is 2.96. The van der Waals surface area contributed by atoms with Gasteiger partial charge in [-0.25, -0.2) is 0 Å². The Bertz CT molecular complexity index is 591. The third kappa shape index (κ3) is 2.30. The lowest BCUT2D eigenvalue weighted by Gasteiger charge is -2.46. The number of fused-ring (bicyclic) bond motifs is 1. The predicted molar refractivity (Wildman–Crippen MR) is 76.7 cm³/mol. The molecule has 1 amide bonds. The largest absolute Gasteiger partial charge is 0.488 e. The van der Waals surface area contributed by atoms with Crippen LogP contribution in [0.5, 0.6) is 5.75 Å². The predicted octanol–water partition coefficient (Wildman–Crippen LogP) is 2.10. The number of amides is 1. The van der Waals surface area contributed by atoms with Gasteiger partial charge in [-0.2, -0.15) is 0 Å². The van der Waals surface area contributed by atoms with E-state index in [0.29, 0.717) is 30.1 Å². The van der Waals surface area contributed by atoms with Crippen molar-refractivity contribution in [2.75, 3.05) is 19.7 Å². The zero-order valence-corrected chi connectivity index (χ0v) is 12.0. The average molecular weight is 294 g/mol. The van der Waals surface area contributed by atoms with Crippen molar-refractivity contribution in [2.45, 2.75) is 18.9 Å². The Kier molecular flexibility index (Phi) is 3.22. The number of nitrogens with zero attached hydrogens (tertiary/aromatic N) is 1. The van der Waals surface area contributed by atoms with Crippen molar-refractivity contribution in [1.29, 1.82) is 0 Å². The quantitative estimate of drug-likeness (QED) is 0.908. The zero-order chi connectivity index (χ0) is 14.3. The van der Waals surface area contributed by atoms with E-state index in [2.05, 4.69) is 0 Å². The molecule has 3 rings (SSSR count). The van der Waals surface area contributed by atoms with Crippen LogP contribution in [0.3, 0.4) is 0 Å². The fourth-order valence-electron chi connectivity index (χ4n) is 2.51. The minimum absolute atomic E-state index is 0.0752. The minimum Gasteiger partial charge on any atom is -0.488 e. The Morgan fingerprint density at radius 1 is 1.50 bits per heavy atom. The Labute approximate surface area is 122 Å². The first-order valence-electron chi connectivity index (χ1n) is 6.65. The lowest BCUT2D eigenvalue weighted by molar-refractivity contribution is -0.151. The molecule has 4 nitrogen and oxygen atoms in total. The normalized spacial score (nSPS) is 19.6. The van der Waals surface area contributed by atoms with Crippen LogP contribution in [0.1, 0.15) is 18.9 Å². The van der Waals surface area contributed by atoms with Crippen LogP contribution < -0.4 is 4.74 Å². The van der Waals surface area contributed by atoms with E-state index in [4.69, 9.17) is 16.3 Å². The van der Waals surface area contributed by atoms with E-state index in [0.717, 1.165) is 11.3 Å². The third-order valence-electron chi connectivity index (χ3n) is 3.88. The monoisotopic (exact) mass is 293 g/mol. The van der Waals surface area contributed by atoms with Crippen LogP contribution in [-0.4, -0.2) is 41.2 Å². The standard InChI is InChI=1S/C15H16ClNO3/c1-2-15(19)8-17(9-15)14(18)11-5-10-6-12(16)3-4-13(10)20-7-11/h3-6,19H,2,7-9H2,1H3. The number of hydrogen-bond donors (Lipinski definition) is 1. The first kappa shape index (κ1) is 13.5. The summed E-state index contributed by atoms with van der Waals surface area (Å²) in [6.07, 6.45) is 2.47. The van der Waals surface area contributed by atoms with Crippen LogP contribution in [0, 0.1) is 0 Å². The van der Waals surface area contributed by atoms with E-state index in [9.17, 15) is 9.90 Å². The molecule has 106 valence electrons. The molecule has 0 aromatic heterocycles. The number of ether oxygens (including phenoxy) is 1. The summed E-state index contributed by atoms with van der Waals surface area (Å²) in [5.74, 6) is 0.661. The summed E-state index contributed by atoms with van der Waals surface area (Å²) in [4.78, 5) is 14.0. The van der Waals surface area contributed by atoms with Crippen molar-refractivity contribution in [3.8, 4) is 5.75 Å². The van der Waals surface area contributed by atoms with Crippen molar-refractivity contribution >= 4 is 23.6 Å². The number of halogens is 1. The van der Waals surface area contributed by atoms with Crippen LogP contribution in [0.15, 0.2) is 23.8 Å². The highest BCUT2D eigenvalue weighted by Gasteiger charge is 2.42. The van der Waals surface area contributed by atoms with Gasteiger partial charge in [0.1, 0.15) is 12.4 Å². The van der Waals surface area contributed by atoms with Gasteiger partial charge in [0.15, 0.2) is 0 Å². The van der Waals surface area contributed by atoms with Gasteiger partial charge < -0.3 is 14.7 Å². The maximum atomic E-state index is 12.3. The second-order valence-electron chi connectivity index (χ2n) is 5.38. The average Bonchev–Trinajstić information content (AvgIpc) is 2.42. The van der Waals surface area contributed by atoms with Crippen molar-refractivity contribution in [2.24, 2.45) is 0 Å². The molecule has 2 aliphatic heterocycles. The number of carbonyl (C=O) groups excluding carboxylic acids is 1. The molecule has 2 heterocycles. The Balaban J connectivity index is 1.77. The fraction of sp³-hybridized carbons (Fsp3) is 0.400. The fourth-order valence-corrected chi connectivity index (χ4v) is 2.69. The number of β-amino-alcohol motifs (C(OH)–C–C–N with tert-alkyl or cyclic N) is 1. The maximum absolute atomic E-state index is 12.3. The van der Waals surface area contributed by atoms with Crippen LogP contribution in [-0.2, 0) is 4.79 Å². The van der Waals surface area contributed by atoms with Gasteiger partial charge in [0, 0.05) is 10.6 Å². The molecule has 1 fully saturated rings. The molecule has 1 aromatic rings. The van der Waals surface area contributed by atoms with Gasteiger partial charge in [-0.1, -0.05) is 18.5 Å². The maximum Gasteiger partial charge on any atom is 0.253 e. The smallest absolute Gasteiger partial charge is 0.253 e. The van der Waals surface area contributed by atoms with Crippen LogP contribution >= 0.6 is 11.6 Å². The van der Waals surface area contributed by atoms with Crippen LogP contribution in [0.2, 0.25) is 5.02 Å². The Morgan fingerprint density at radius 2 is 2.25 bits per heavy atom. The second kappa shape index (κ2) is 4.79. The molecule has 0 unspecified atom stereocenters. The highest BCUT2D eigenvalue weighted by Crippen LogP contribution is 2.31. The van der Waals surface area contributed by atoms with Crippen LogP contribution in [0.4, 0.5) is 0 Å². The SMILES string of the molecule is CCC1(O)CN(C(=O)C2=Cc3cc(Cl)ccc3OC2)C1. The first-order chi connectivity index (χ1) is 9.50. The summed E-state index contributed by atoms with van der Waals surface area (Å²) < 4.78 is 5.57. The summed E-state index contributed by atoms with van der Waals surface area (Å²) >= 11 is 5.95. The molecule has 0 radical (unpaired) electrons. The molecule has 0 atom stereocenters. The molecule has 1 aromatic carbocycles. The molecule has 5 heteroatoms. The zero-order valence-electron chi connectivity index (χ0n) is 11.2. The van der Waals surface area contributed by atoms with Crippen molar-refractivity contribution < 1.29 is 14.6 Å². The number of likely N-dealkylation sites (tertiary alicyclic amines) is 1. The number of carbonyl (C=O) groups is 1. The number of benzene rings is 1. The Hall–Kier alpha value is -1.52. The first-order valence-corrected chi connectivity index (χ1v) is 7.03. The summed E-state index contributed by atoms with van der Waals surface area (Å²) in [5.41, 5.74) is 0.698. The van der Waals surface area contributed by atoms with E-state index in [1.807, 2.05) is 13.0 Å². The molecular weight excluding hydrogens is 278 g/mol. The molecule has 20 heavy (non-hydrogen) atoms. The molecule has 0 saturated carbocycles. The van der Waals surface area contributed by atoms with E-state index in [-0.39, 0.29) is 12.5 Å². The minimum atomic E-state index is -0.715. The van der Waals surface area contributed by atoms with Gasteiger partial charge in [-0.05, 0) is 30.7 Å². The van der Waals surface area contributed by atoms with E-state index in [1.165, 1.54) is 0 Å². The third-order valence-corrected chi connectivity index (χ3v) is 4.11. The number of aliphatic hydroxyl groups is 1. The van der Waals surface area contributed by atoms with Gasteiger partial charge in [0.2, 0.25) is 0 Å². The molecule has 2 aliphatic rings. The van der Waals surface area contributed by atoms with Gasteiger partial charge in [-0.15, -0.1) is 0 Å². The molecular formula is C15H16ClNO3. The van der Waals surface area contributed by atoms with Crippen LogP contribution in [0.25, 0.3) is 6.08 Å². The van der Waals surface area contributed by atoms with Crippen molar-refractivity contribution in [3.05, 3.63) is 34.4 Å². The van der Waals surface area contributed by atoms with E-state index >= 15 is 0 Å². The molecule has 0 bridgehead atoms. The molecule has 0 spiro atoms. The van der Waals surface area contributed by atoms with Gasteiger partial charge in [-0.3, -0.25) is 4.79 Å². The highest BCUT2D eigenvalue weighted by molar-refractivity contribution is 6.30. The van der Waals surface area contributed by atoms with E-state index in [1.54, 1.807) is 23.1 Å². The lowest BCUT2D eigenvalue weighted by Crippen LogP contribution is -2.63. The van der Waals surface area contributed by atoms with Crippen molar-refractivity contribution in [1.82, 2.24) is 4.90 Å². The molecule has 1 N–H and O–H groups in total.